The van der Waals surface area contributed by atoms with Gasteiger partial charge < -0.3 is 9.84 Å². The first-order chi connectivity index (χ1) is 11.5. The first kappa shape index (κ1) is 17.0. The lowest BCUT2D eigenvalue weighted by Gasteiger charge is -2.14. The first-order valence-electron chi connectivity index (χ1n) is 7.12. The molecular weight excluding hydrogens is 312 g/mol. The smallest absolute Gasteiger partial charge is 0.338 e. The molecule has 0 radical (unpaired) electrons. The molecule has 0 bridgehead atoms. The molecule has 7 heteroatoms. The van der Waals surface area contributed by atoms with Crippen molar-refractivity contribution in [2.45, 2.75) is 13.0 Å². The Morgan fingerprint density at radius 3 is 2.17 bits per heavy atom. The van der Waals surface area contributed by atoms with Crippen molar-refractivity contribution >= 4 is 17.8 Å². The molecule has 7 nitrogen and oxygen atoms in total. The average molecular weight is 328 g/mol. The Balaban J connectivity index is 1.84. The lowest BCUT2D eigenvalue weighted by molar-refractivity contribution is -0.129. The molecule has 0 aromatic heterocycles. The summed E-state index contributed by atoms with van der Waals surface area (Å²) in [4.78, 5) is 35.5. The number of esters is 1. The Kier molecular flexibility index (Phi) is 5.51. The number of aromatic hydroxyl groups is 1. The van der Waals surface area contributed by atoms with Crippen molar-refractivity contribution in [1.82, 2.24) is 10.9 Å². The molecule has 0 fully saturated rings. The summed E-state index contributed by atoms with van der Waals surface area (Å²) < 4.78 is 4.99. The Morgan fingerprint density at radius 1 is 0.917 bits per heavy atom. The first-order valence-corrected chi connectivity index (χ1v) is 7.12. The van der Waals surface area contributed by atoms with Crippen LogP contribution in [-0.4, -0.2) is 29.0 Å². The van der Waals surface area contributed by atoms with Gasteiger partial charge in [-0.2, -0.15) is 0 Å². The number of rotatable bonds is 4. The van der Waals surface area contributed by atoms with Crippen LogP contribution in [0, 0.1) is 0 Å². The third kappa shape index (κ3) is 4.57. The number of carbonyl (C=O) groups is 3. The van der Waals surface area contributed by atoms with Crippen molar-refractivity contribution in [2.24, 2.45) is 0 Å². The second kappa shape index (κ2) is 7.77. The Hall–Kier alpha value is -3.35. The molecule has 0 aliphatic rings. The maximum atomic E-state index is 11.9. The fourth-order valence-electron chi connectivity index (χ4n) is 1.76. The zero-order chi connectivity index (χ0) is 17.5. The van der Waals surface area contributed by atoms with Gasteiger partial charge in [0.2, 0.25) is 0 Å². The maximum absolute atomic E-state index is 11.9. The predicted octanol–water partition coefficient (Wildman–Crippen LogP) is 1.40. The lowest BCUT2D eigenvalue weighted by atomic mass is 10.2. The van der Waals surface area contributed by atoms with Crippen molar-refractivity contribution in [3.8, 4) is 5.75 Å². The molecular formula is C17H16N2O5. The summed E-state index contributed by atoms with van der Waals surface area (Å²) in [7, 11) is 0. The van der Waals surface area contributed by atoms with Gasteiger partial charge >= 0.3 is 5.97 Å². The van der Waals surface area contributed by atoms with Gasteiger partial charge in [-0.25, -0.2) is 4.79 Å². The van der Waals surface area contributed by atoms with E-state index in [4.69, 9.17) is 9.84 Å². The number of amides is 2. The predicted molar refractivity (Wildman–Crippen MR) is 85.0 cm³/mol. The van der Waals surface area contributed by atoms with Gasteiger partial charge in [-0.05, 0) is 43.3 Å². The van der Waals surface area contributed by atoms with Crippen LogP contribution in [0.15, 0.2) is 54.6 Å². The zero-order valence-corrected chi connectivity index (χ0v) is 12.9. The number of hydrazine groups is 1. The van der Waals surface area contributed by atoms with E-state index in [1.165, 1.54) is 31.2 Å². The van der Waals surface area contributed by atoms with E-state index in [9.17, 15) is 14.4 Å². The fourth-order valence-corrected chi connectivity index (χ4v) is 1.76. The molecule has 0 aliphatic carbocycles. The number of benzene rings is 2. The Bertz CT molecular complexity index is 728. The number of phenols is 1. The van der Waals surface area contributed by atoms with E-state index in [1.807, 2.05) is 0 Å². The molecule has 0 heterocycles. The molecule has 2 rings (SSSR count). The van der Waals surface area contributed by atoms with E-state index >= 15 is 0 Å². The molecule has 1 atom stereocenters. The highest BCUT2D eigenvalue weighted by atomic mass is 16.5. The van der Waals surface area contributed by atoms with Crippen LogP contribution in [-0.2, 0) is 9.53 Å². The fraction of sp³-hybridized carbons (Fsp3) is 0.118. The van der Waals surface area contributed by atoms with Crippen LogP contribution in [0.2, 0.25) is 0 Å². The summed E-state index contributed by atoms with van der Waals surface area (Å²) in [5.41, 5.74) is 5.00. The van der Waals surface area contributed by atoms with Crippen molar-refractivity contribution in [1.29, 1.82) is 0 Å². The average Bonchev–Trinajstić information content (AvgIpc) is 2.60. The quantitative estimate of drug-likeness (QED) is 0.581. The minimum Gasteiger partial charge on any atom is -0.508 e. The molecule has 0 saturated heterocycles. The number of phenolic OH excluding ortho intramolecular Hbond substituents is 1. The Labute approximate surface area is 138 Å². The van der Waals surface area contributed by atoms with Gasteiger partial charge in [-0.3, -0.25) is 20.4 Å². The van der Waals surface area contributed by atoms with Gasteiger partial charge in [0.15, 0.2) is 6.10 Å². The van der Waals surface area contributed by atoms with Crippen LogP contribution < -0.4 is 10.9 Å². The summed E-state index contributed by atoms with van der Waals surface area (Å²) in [5.74, 6) is -1.86. The topological polar surface area (TPSA) is 105 Å². The molecule has 24 heavy (non-hydrogen) atoms. The van der Waals surface area contributed by atoms with Crippen molar-refractivity contribution < 1.29 is 24.2 Å². The second-order valence-electron chi connectivity index (χ2n) is 4.90. The molecule has 0 unspecified atom stereocenters. The molecule has 0 spiro atoms. The number of carbonyl (C=O) groups excluding carboxylic acids is 3. The van der Waals surface area contributed by atoms with Crippen LogP contribution in [0.3, 0.4) is 0 Å². The molecule has 124 valence electrons. The van der Waals surface area contributed by atoms with Crippen LogP contribution in [0.5, 0.6) is 5.75 Å². The minimum absolute atomic E-state index is 0.0148. The van der Waals surface area contributed by atoms with Gasteiger partial charge in [0.1, 0.15) is 5.75 Å². The molecule has 2 aromatic carbocycles. The maximum Gasteiger partial charge on any atom is 0.338 e. The van der Waals surface area contributed by atoms with Gasteiger partial charge in [-0.1, -0.05) is 18.2 Å². The molecule has 3 N–H and O–H groups in total. The Morgan fingerprint density at radius 2 is 1.54 bits per heavy atom. The summed E-state index contributed by atoms with van der Waals surface area (Å²) in [6.45, 7) is 1.38. The van der Waals surface area contributed by atoms with E-state index < -0.39 is 23.9 Å². The normalized spacial score (nSPS) is 11.2. The zero-order valence-electron chi connectivity index (χ0n) is 12.9. The van der Waals surface area contributed by atoms with E-state index in [1.54, 1.807) is 30.3 Å². The molecule has 0 saturated carbocycles. The lowest BCUT2D eigenvalue weighted by Crippen LogP contribution is -2.46. The molecule has 2 aromatic rings. The van der Waals surface area contributed by atoms with Crippen molar-refractivity contribution in [3.05, 3.63) is 65.7 Å². The van der Waals surface area contributed by atoms with Gasteiger partial charge in [0.25, 0.3) is 11.8 Å². The van der Waals surface area contributed by atoms with Gasteiger partial charge in [0.05, 0.1) is 5.56 Å². The van der Waals surface area contributed by atoms with E-state index in [2.05, 4.69) is 10.9 Å². The van der Waals surface area contributed by atoms with Crippen LogP contribution in [0.25, 0.3) is 0 Å². The molecule has 2 amide bonds. The highest BCUT2D eigenvalue weighted by Gasteiger charge is 2.19. The highest BCUT2D eigenvalue weighted by Crippen LogP contribution is 2.11. The van der Waals surface area contributed by atoms with E-state index in [0.717, 1.165) is 0 Å². The summed E-state index contributed by atoms with van der Waals surface area (Å²) in [6.07, 6.45) is -1.11. The number of nitrogens with one attached hydrogen (secondary N) is 2. The van der Waals surface area contributed by atoms with Gasteiger partial charge in [0, 0.05) is 5.56 Å². The summed E-state index contributed by atoms with van der Waals surface area (Å²) in [5, 5.41) is 9.17. The standard InChI is InChI=1S/C17H16N2O5/c1-11(24-17(23)13-7-9-14(20)10-8-13)15(21)18-19-16(22)12-5-3-2-4-6-12/h2-11,20H,1H3,(H,18,21)(H,19,22)/t11-/m1/s1. The van der Waals surface area contributed by atoms with Crippen molar-refractivity contribution in [2.75, 3.05) is 0 Å². The minimum atomic E-state index is -1.11. The number of hydrogen-bond donors (Lipinski definition) is 3. The molecule has 0 aliphatic heterocycles. The van der Waals surface area contributed by atoms with Gasteiger partial charge in [-0.15, -0.1) is 0 Å². The third-order valence-corrected chi connectivity index (χ3v) is 3.09. The third-order valence-electron chi connectivity index (χ3n) is 3.09. The van der Waals surface area contributed by atoms with E-state index in [-0.39, 0.29) is 11.3 Å². The van der Waals surface area contributed by atoms with Crippen LogP contribution in [0.4, 0.5) is 0 Å². The van der Waals surface area contributed by atoms with Crippen molar-refractivity contribution in [3.63, 3.8) is 0 Å². The number of hydrogen-bond acceptors (Lipinski definition) is 5. The summed E-state index contributed by atoms with van der Waals surface area (Å²) in [6, 6.07) is 13.8. The summed E-state index contributed by atoms with van der Waals surface area (Å²) >= 11 is 0. The van der Waals surface area contributed by atoms with Crippen LogP contribution in [0.1, 0.15) is 27.6 Å². The second-order valence-corrected chi connectivity index (χ2v) is 4.90. The van der Waals surface area contributed by atoms with E-state index in [0.29, 0.717) is 5.56 Å². The monoisotopic (exact) mass is 328 g/mol. The van der Waals surface area contributed by atoms with Crippen LogP contribution >= 0.6 is 0 Å². The largest absolute Gasteiger partial charge is 0.508 e. The number of ether oxygens (including phenoxy) is 1. The SMILES string of the molecule is C[C@@H](OC(=O)c1ccc(O)cc1)C(=O)NNC(=O)c1ccccc1. The highest BCUT2D eigenvalue weighted by molar-refractivity contribution is 5.96.